The Morgan fingerprint density at radius 2 is 1.81 bits per heavy atom. The summed E-state index contributed by atoms with van der Waals surface area (Å²) in [6.45, 7) is 2.51. The average Bonchev–Trinajstić information content (AvgIpc) is 2.57. The summed E-state index contributed by atoms with van der Waals surface area (Å²) in [5.41, 5.74) is 2.68. The van der Waals surface area contributed by atoms with Crippen molar-refractivity contribution in [1.82, 2.24) is 15.0 Å². The average molecular weight is 276 g/mol. The van der Waals surface area contributed by atoms with Gasteiger partial charge in [-0.2, -0.15) is 0 Å². The van der Waals surface area contributed by atoms with Gasteiger partial charge < -0.3 is 4.74 Å². The van der Waals surface area contributed by atoms with E-state index in [9.17, 15) is 0 Å². The molecular weight excluding hydrogens is 262 g/mol. The molecule has 0 fully saturated rings. The predicted octanol–water partition coefficient (Wildman–Crippen LogP) is 3.40. The molecule has 0 atom stereocenters. The van der Waals surface area contributed by atoms with Gasteiger partial charge in [-0.05, 0) is 25.1 Å². The Morgan fingerprint density at radius 3 is 2.52 bits per heavy atom. The fraction of sp³-hybridized carbons (Fsp3) is 0.118. The normalized spacial score (nSPS) is 10.3. The van der Waals surface area contributed by atoms with Gasteiger partial charge in [-0.15, -0.1) is 0 Å². The minimum atomic E-state index is 0.571. The molecule has 0 saturated carbocycles. The van der Waals surface area contributed by atoms with E-state index in [-0.39, 0.29) is 0 Å². The summed E-state index contributed by atoms with van der Waals surface area (Å²) in [4.78, 5) is 13.1. The number of pyridine rings is 1. The highest BCUT2D eigenvalue weighted by molar-refractivity contribution is 5.68. The number of hydrogen-bond acceptors (Lipinski definition) is 4. The minimum absolute atomic E-state index is 0.571. The summed E-state index contributed by atoms with van der Waals surface area (Å²) < 4.78 is 5.63. The second kappa shape index (κ2) is 6.13. The van der Waals surface area contributed by atoms with Crippen LogP contribution in [0.3, 0.4) is 0 Å². The standard InChI is InChI=1S/C17H14N3O/c1-2-21-15-12-19-17(14-6-4-3-5-7-14)20-16(15)13-8-10-18-11-9-13/h4-12H,2H2,1H3. The van der Waals surface area contributed by atoms with Crippen molar-refractivity contribution in [2.24, 2.45) is 0 Å². The van der Waals surface area contributed by atoms with Gasteiger partial charge in [-0.25, -0.2) is 9.97 Å². The summed E-state index contributed by atoms with van der Waals surface area (Å²) in [5.74, 6) is 1.34. The van der Waals surface area contributed by atoms with Crippen LogP contribution in [-0.4, -0.2) is 21.6 Å². The van der Waals surface area contributed by atoms with Crippen LogP contribution in [0.1, 0.15) is 6.92 Å². The molecule has 1 radical (unpaired) electrons. The molecule has 0 aliphatic heterocycles. The summed E-state index contributed by atoms with van der Waals surface area (Å²) in [5, 5.41) is 0. The molecule has 3 rings (SSSR count). The van der Waals surface area contributed by atoms with Gasteiger partial charge in [-0.1, -0.05) is 24.3 Å². The van der Waals surface area contributed by atoms with Crippen LogP contribution in [0.4, 0.5) is 0 Å². The Labute approximate surface area is 123 Å². The van der Waals surface area contributed by atoms with Gasteiger partial charge in [-0.3, -0.25) is 4.98 Å². The number of nitrogens with zero attached hydrogens (tertiary/aromatic N) is 3. The zero-order valence-electron chi connectivity index (χ0n) is 11.7. The van der Waals surface area contributed by atoms with Gasteiger partial charge >= 0.3 is 0 Å². The maximum atomic E-state index is 5.63. The summed E-state index contributed by atoms with van der Waals surface area (Å²) in [7, 11) is 0. The summed E-state index contributed by atoms with van der Waals surface area (Å²) in [6.07, 6.45) is 5.20. The Bertz CT molecular complexity index is 715. The highest BCUT2D eigenvalue weighted by atomic mass is 16.5. The second-order valence-corrected chi connectivity index (χ2v) is 4.36. The lowest BCUT2D eigenvalue weighted by Gasteiger charge is -2.10. The molecule has 0 aliphatic rings. The van der Waals surface area contributed by atoms with E-state index in [1.54, 1.807) is 18.6 Å². The number of rotatable bonds is 4. The molecule has 3 aromatic rings. The molecule has 0 bridgehead atoms. The minimum Gasteiger partial charge on any atom is -0.490 e. The van der Waals surface area contributed by atoms with E-state index in [0.29, 0.717) is 18.2 Å². The third-order valence-electron chi connectivity index (χ3n) is 2.99. The molecule has 4 nitrogen and oxygen atoms in total. The number of aromatic nitrogens is 3. The lowest BCUT2D eigenvalue weighted by molar-refractivity contribution is 0.339. The van der Waals surface area contributed by atoms with Crippen LogP contribution in [0.2, 0.25) is 0 Å². The molecule has 0 aliphatic carbocycles. The van der Waals surface area contributed by atoms with E-state index in [4.69, 9.17) is 4.74 Å². The first-order valence-electron chi connectivity index (χ1n) is 6.75. The highest BCUT2D eigenvalue weighted by Gasteiger charge is 2.11. The molecule has 0 spiro atoms. The predicted molar refractivity (Wildman–Crippen MR) is 80.7 cm³/mol. The van der Waals surface area contributed by atoms with Gasteiger partial charge in [0.1, 0.15) is 5.69 Å². The van der Waals surface area contributed by atoms with Crippen LogP contribution in [-0.2, 0) is 0 Å². The van der Waals surface area contributed by atoms with Gasteiger partial charge in [0.05, 0.1) is 12.8 Å². The molecule has 21 heavy (non-hydrogen) atoms. The van der Waals surface area contributed by atoms with Gasteiger partial charge in [0.15, 0.2) is 11.6 Å². The zero-order chi connectivity index (χ0) is 14.5. The van der Waals surface area contributed by atoms with Crippen LogP contribution in [0.5, 0.6) is 5.75 Å². The Morgan fingerprint density at radius 1 is 1.05 bits per heavy atom. The van der Waals surface area contributed by atoms with Crippen molar-refractivity contribution in [3.8, 4) is 28.4 Å². The van der Waals surface area contributed by atoms with Crippen LogP contribution in [0.15, 0.2) is 55.0 Å². The fourth-order valence-electron chi connectivity index (χ4n) is 2.02. The number of ether oxygens (including phenoxy) is 1. The molecule has 1 aromatic carbocycles. The maximum Gasteiger partial charge on any atom is 0.163 e. The van der Waals surface area contributed by atoms with Crippen molar-refractivity contribution in [2.75, 3.05) is 6.61 Å². The molecule has 2 heterocycles. The van der Waals surface area contributed by atoms with Crippen LogP contribution in [0, 0.1) is 6.07 Å². The van der Waals surface area contributed by atoms with E-state index < -0.39 is 0 Å². The first kappa shape index (κ1) is 13.2. The van der Waals surface area contributed by atoms with Gasteiger partial charge in [0.25, 0.3) is 0 Å². The molecule has 2 aromatic heterocycles. The topological polar surface area (TPSA) is 47.9 Å². The van der Waals surface area contributed by atoms with Crippen LogP contribution in [0.25, 0.3) is 22.6 Å². The summed E-state index contributed by atoms with van der Waals surface area (Å²) in [6, 6.07) is 14.4. The van der Waals surface area contributed by atoms with E-state index >= 15 is 0 Å². The number of benzene rings is 1. The largest absolute Gasteiger partial charge is 0.490 e. The lowest BCUT2D eigenvalue weighted by Crippen LogP contribution is -1.99. The van der Waals surface area contributed by atoms with E-state index in [2.05, 4.69) is 21.0 Å². The van der Waals surface area contributed by atoms with Crippen LogP contribution < -0.4 is 4.74 Å². The Hall–Kier alpha value is -2.75. The van der Waals surface area contributed by atoms with Crippen molar-refractivity contribution in [3.05, 3.63) is 61.1 Å². The zero-order valence-corrected chi connectivity index (χ0v) is 11.7. The molecule has 0 saturated heterocycles. The lowest BCUT2D eigenvalue weighted by atomic mass is 10.1. The monoisotopic (exact) mass is 276 g/mol. The molecule has 0 unspecified atom stereocenters. The smallest absolute Gasteiger partial charge is 0.163 e. The highest BCUT2D eigenvalue weighted by Crippen LogP contribution is 2.29. The number of hydrogen-bond donors (Lipinski definition) is 0. The molecule has 103 valence electrons. The molecule has 0 N–H and O–H groups in total. The first-order valence-corrected chi connectivity index (χ1v) is 6.75. The van der Waals surface area contributed by atoms with Crippen LogP contribution >= 0.6 is 0 Å². The van der Waals surface area contributed by atoms with Crippen molar-refractivity contribution >= 4 is 0 Å². The van der Waals surface area contributed by atoms with Gasteiger partial charge in [0, 0.05) is 23.5 Å². The third-order valence-corrected chi connectivity index (χ3v) is 2.99. The quantitative estimate of drug-likeness (QED) is 0.732. The molecule has 4 heteroatoms. The fourth-order valence-corrected chi connectivity index (χ4v) is 2.02. The maximum absolute atomic E-state index is 5.63. The van der Waals surface area contributed by atoms with Crippen molar-refractivity contribution < 1.29 is 4.74 Å². The van der Waals surface area contributed by atoms with E-state index in [0.717, 1.165) is 16.8 Å². The van der Waals surface area contributed by atoms with Gasteiger partial charge in [0.2, 0.25) is 0 Å². The first-order chi connectivity index (χ1) is 10.4. The summed E-state index contributed by atoms with van der Waals surface area (Å²) >= 11 is 0. The third kappa shape index (κ3) is 2.89. The Balaban J connectivity index is 2.11. The van der Waals surface area contributed by atoms with E-state index in [1.807, 2.05) is 43.3 Å². The van der Waals surface area contributed by atoms with Crippen molar-refractivity contribution in [1.29, 1.82) is 0 Å². The van der Waals surface area contributed by atoms with Crippen molar-refractivity contribution in [2.45, 2.75) is 6.92 Å². The second-order valence-electron chi connectivity index (χ2n) is 4.36. The molecule has 0 amide bonds. The SMILES string of the molecule is CCOc1cnc(-c2cc[c]cc2)nc1-c1ccncc1. The molecular formula is C17H14N3O. The van der Waals surface area contributed by atoms with Crippen molar-refractivity contribution in [3.63, 3.8) is 0 Å². The van der Waals surface area contributed by atoms with E-state index in [1.165, 1.54) is 0 Å². The Kier molecular flexibility index (Phi) is 3.87.